The lowest BCUT2D eigenvalue weighted by Crippen LogP contribution is -2.15. The van der Waals surface area contributed by atoms with Gasteiger partial charge in [-0.25, -0.2) is 0 Å². The van der Waals surface area contributed by atoms with Crippen LogP contribution in [0.4, 0.5) is 0 Å². The van der Waals surface area contributed by atoms with Crippen molar-refractivity contribution in [2.24, 2.45) is 0 Å². The normalized spacial score (nSPS) is 10.6. The minimum atomic E-state index is 0.831. The Balaban J connectivity index is 2.31. The van der Waals surface area contributed by atoms with E-state index in [9.17, 15) is 0 Å². The zero-order valence-electron chi connectivity index (χ0n) is 8.89. The third-order valence-corrected chi connectivity index (χ3v) is 3.25. The number of unbranched alkanes of at least 4 members (excludes halogenated alkanes) is 2. The van der Waals surface area contributed by atoms with Crippen LogP contribution in [0.2, 0.25) is 0 Å². The molecule has 0 aliphatic rings. The highest BCUT2D eigenvalue weighted by atomic mass is 79.9. The zero-order chi connectivity index (χ0) is 11.1. The van der Waals surface area contributed by atoms with Crippen molar-refractivity contribution in [3.8, 4) is 0 Å². The minimum Gasteiger partial charge on any atom is -0.311 e. The molecular formula is C11H16Br2N2. The van der Waals surface area contributed by atoms with Crippen LogP contribution in [-0.4, -0.2) is 11.5 Å². The van der Waals surface area contributed by atoms with Crippen LogP contribution in [0.5, 0.6) is 0 Å². The first kappa shape index (κ1) is 13.1. The molecule has 0 unspecified atom stereocenters. The van der Waals surface area contributed by atoms with Gasteiger partial charge in [0.1, 0.15) is 0 Å². The number of pyridine rings is 1. The molecule has 1 N–H and O–H groups in total. The summed E-state index contributed by atoms with van der Waals surface area (Å²) in [6.07, 6.45) is 5.63. The predicted octanol–water partition coefficient (Wildman–Crippen LogP) is 3.89. The summed E-state index contributed by atoms with van der Waals surface area (Å²) in [6.45, 7) is 4.11. The Morgan fingerprint density at radius 1 is 1.33 bits per heavy atom. The van der Waals surface area contributed by atoms with Crippen LogP contribution in [0.1, 0.15) is 31.9 Å². The van der Waals surface area contributed by atoms with Gasteiger partial charge in [-0.2, -0.15) is 0 Å². The van der Waals surface area contributed by atoms with Crippen molar-refractivity contribution in [1.82, 2.24) is 10.3 Å². The van der Waals surface area contributed by atoms with Crippen LogP contribution in [-0.2, 0) is 6.54 Å². The van der Waals surface area contributed by atoms with E-state index in [4.69, 9.17) is 0 Å². The van der Waals surface area contributed by atoms with Crippen molar-refractivity contribution in [2.45, 2.75) is 32.7 Å². The highest BCUT2D eigenvalue weighted by molar-refractivity contribution is 9.11. The summed E-state index contributed by atoms with van der Waals surface area (Å²) >= 11 is 6.88. The first-order valence-corrected chi connectivity index (χ1v) is 6.83. The van der Waals surface area contributed by atoms with Gasteiger partial charge in [0.05, 0.1) is 5.69 Å². The van der Waals surface area contributed by atoms with E-state index in [0.717, 1.165) is 27.7 Å². The van der Waals surface area contributed by atoms with E-state index >= 15 is 0 Å². The molecule has 1 aromatic rings. The van der Waals surface area contributed by atoms with Gasteiger partial charge in [0.25, 0.3) is 0 Å². The smallest absolute Gasteiger partial charge is 0.0684 e. The van der Waals surface area contributed by atoms with Gasteiger partial charge in [0, 0.05) is 21.7 Å². The molecule has 84 valence electrons. The largest absolute Gasteiger partial charge is 0.311 e. The summed E-state index contributed by atoms with van der Waals surface area (Å²) in [4.78, 5) is 4.34. The number of rotatable bonds is 6. The van der Waals surface area contributed by atoms with Crippen molar-refractivity contribution in [3.05, 3.63) is 26.9 Å². The Labute approximate surface area is 108 Å². The number of halogens is 2. The molecule has 2 nitrogen and oxygen atoms in total. The fourth-order valence-corrected chi connectivity index (χ4v) is 2.41. The van der Waals surface area contributed by atoms with E-state index < -0.39 is 0 Å². The molecular weight excluding hydrogens is 320 g/mol. The highest BCUT2D eigenvalue weighted by Crippen LogP contribution is 2.19. The fourth-order valence-electron chi connectivity index (χ4n) is 1.28. The molecule has 0 aromatic carbocycles. The molecule has 1 heterocycles. The highest BCUT2D eigenvalue weighted by Gasteiger charge is 2.01. The number of aromatic nitrogens is 1. The van der Waals surface area contributed by atoms with Gasteiger partial charge in [-0.15, -0.1) is 0 Å². The Kier molecular flexibility index (Phi) is 6.45. The van der Waals surface area contributed by atoms with Crippen molar-refractivity contribution < 1.29 is 0 Å². The van der Waals surface area contributed by atoms with Gasteiger partial charge in [-0.1, -0.05) is 19.8 Å². The van der Waals surface area contributed by atoms with Crippen LogP contribution < -0.4 is 5.32 Å². The minimum absolute atomic E-state index is 0.831. The van der Waals surface area contributed by atoms with E-state index in [2.05, 4.69) is 49.1 Å². The molecule has 0 bridgehead atoms. The first-order chi connectivity index (χ1) is 7.24. The van der Waals surface area contributed by atoms with Gasteiger partial charge in [0.15, 0.2) is 0 Å². The second-order valence-corrected chi connectivity index (χ2v) is 5.24. The number of nitrogens with one attached hydrogen (secondary N) is 1. The Morgan fingerprint density at radius 2 is 2.13 bits per heavy atom. The number of hydrogen-bond donors (Lipinski definition) is 1. The Morgan fingerprint density at radius 3 is 2.80 bits per heavy atom. The maximum Gasteiger partial charge on any atom is 0.0684 e. The summed E-state index contributed by atoms with van der Waals surface area (Å²) in [6, 6.07) is 2.02. The monoisotopic (exact) mass is 334 g/mol. The lowest BCUT2D eigenvalue weighted by molar-refractivity contribution is 0.609. The van der Waals surface area contributed by atoms with E-state index in [0.29, 0.717) is 0 Å². The van der Waals surface area contributed by atoms with Crippen molar-refractivity contribution in [1.29, 1.82) is 0 Å². The molecule has 0 saturated carbocycles. The number of hydrogen-bond acceptors (Lipinski definition) is 2. The van der Waals surface area contributed by atoms with Gasteiger partial charge in [-0.3, -0.25) is 4.98 Å². The summed E-state index contributed by atoms with van der Waals surface area (Å²) < 4.78 is 2.06. The van der Waals surface area contributed by atoms with Crippen LogP contribution in [0.15, 0.2) is 21.2 Å². The lowest BCUT2D eigenvalue weighted by atomic mass is 10.2. The third kappa shape index (κ3) is 5.09. The van der Waals surface area contributed by atoms with E-state index in [1.807, 2.05) is 12.3 Å². The van der Waals surface area contributed by atoms with Gasteiger partial charge < -0.3 is 5.32 Å². The molecule has 0 fully saturated rings. The maximum atomic E-state index is 4.34. The van der Waals surface area contributed by atoms with Gasteiger partial charge in [0.2, 0.25) is 0 Å². The molecule has 0 aliphatic heterocycles. The summed E-state index contributed by atoms with van der Waals surface area (Å²) in [7, 11) is 0. The average Bonchev–Trinajstić information content (AvgIpc) is 2.20. The second kappa shape index (κ2) is 7.36. The molecule has 1 rings (SSSR count). The zero-order valence-corrected chi connectivity index (χ0v) is 12.1. The lowest BCUT2D eigenvalue weighted by Gasteiger charge is -2.05. The Hall–Kier alpha value is 0.0700. The summed E-state index contributed by atoms with van der Waals surface area (Å²) in [5, 5.41) is 3.39. The first-order valence-electron chi connectivity index (χ1n) is 5.24. The standard InChI is InChI=1S/C11H16Br2N2/c1-2-3-4-5-14-8-11-10(13)6-9(12)7-15-11/h6-7,14H,2-5,8H2,1H3. The van der Waals surface area contributed by atoms with Crippen LogP contribution in [0.3, 0.4) is 0 Å². The molecule has 15 heavy (non-hydrogen) atoms. The summed E-state index contributed by atoms with van der Waals surface area (Å²) in [5.74, 6) is 0. The molecule has 4 heteroatoms. The van der Waals surface area contributed by atoms with Gasteiger partial charge >= 0.3 is 0 Å². The van der Waals surface area contributed by atoms with E-state index in [1.165, 1.54) is 19.3 Å². The van der Waals surface area contributed by atoms with E-state index in [-0.39, 0.29) is 0 Å². The molecule has 0 saturated heterocycles. The quantitative estimate of drug-likeness (QED) is 0.798. The molecule has 1 aromatic heterocycles. The third-order valence-electron chi connectivity index (χ3n) is 2.13. The molecule has 0 spiro atoms. The maximum absolute atomic E-state index is 4.34. The van der Waals surface area contributed by atoms with Gasteiger partial charge in [-0.05, 0) is 50.9 Å². The predicted molar refractivity (Wildman–Crippen MR) is 70.9 cm³/mol. The SMILES string of the molecule is CCCCCNCc1ncc(Br)cc1Br. The molecule has 0 radical (unpaired) electrons. The van der Waals surface area contributed by atoms with Crippen LogP contribution >= 0.6 is 31.9 Å². The molecule has 0 aliphatic carbocycles. The van der Waals surface area contributed by atoms with Crippen LogP contribution in [0, 0.1) is 0 Å². The number of nitrogens with zero attached hydrogens (tertiary/aromatic N) is 1. The van der Waals surface area contributed by atoms with Crippen molar-refractivity contribution >= 4 is 31.9 Å². The Bertz CT molecular complexity index is 303. The molecule has 0 atom stereocenters. The summed E-state index contributed by atoms with van der Waals surface area (Å²) in [5.41, 5.74) is 1.06. The van der Waals surface area contributed by atoms with E-state index in [1.54, 1.807) is 0 Å². The van der Waals surface area contributed by atoms with Crippen LogP contribution in [0.25, 0.3) is 0 Å². The topological polar surface area (TPSA) is 24.9 Å². The fraction of sp³-hybridized carbons (Fsp3) is 0.545. The molecule has 0 amide bonds. The average molecular weight is 336 g/mol. The second-order valence-electron chi connectivity index (χ2n) is 3.47. The van der Waals surface area contributed by atoms with Crippen molar-refractivity contribution in [3.63, 3.8) is 0 Å². The van der Waals surface area contributed by atoms with Crippen molar-refractivity contribution in [2.75, 3.05) is 6.54 Å².